The van der Waals surface area contributed by atoms with E-state index in [1.165, 1.54) is 0 Å². The average Bonchev–Trinajstić information content (AvgIpc) is 2.41. The molecule has 0 N–H and O–H groups in total. The first-order valence-electron chi connectivity index (χ1n) is 5.15. The predicted octanol–water partition coefficient (Wildman–Crippen LogP) is 1.05. The lowest BCUT2D eigenvalue weighted by Gasteiger charge is -2.29. The standard InChI is InChI=1S/C10H15NO3/c1-2-14-10(13)11-5-7-3-8(6-11)9(12)4-7/h7-8H,2-6H2,1H3. The third kappa shape index (κ3) is 1.61. The molecule has 1 saturated carbocycles. The molecule has 4 heteroatoms. The van der Waals surface area contributed by atoms with Crippen LogP contribution in [0.4, 0.5) is 4.79 Å². The molecule has 2 rings (SSSR count). The van der Waals surface area contributed by atoms with E-state index in [1.807, 2.05) is 0 Å². The number of likely N-dealkylation sites (tertiary alicyclic amines) is 1. The zero-order chi connectivity index (χ0) is 10.1. The van der Waals surface area contributed by atoms with Gasteiger partial charge in [0.15, 0.2) is 0 Å². The molecule has 0 aromatic carbocycles. The summed E-state index contributed by atoms with van der Waals surface area (Å²) < 4.78 is 4.92. The highest BCUT2D eigenvalue weighted by molar-refractivity contribution is 5.85. The first kappa shape index (κ1) is 9.49. The minimum atomic E-state index is -0.267. The second-order valence-corrected chi connectivity index (χ2v) is 4.07. The molecule has 14 heavy (non-hydrogen) atoms. The molecular formula is C10H15NO3. The summed E-state index contributed by atoms with van der Waals surface area (Å²) >= 11 is 0. The number of ketones is 1. The number of piperidine rings is 1. The van der Waals surface area contributed by atoms with Gasteiger partial charge in [0.25, 0.3) is 0 Å². The fourth-order valence-corrected chi connectivity index (χ4v) is 2.40. The van der Waals surface area contributed by atoms with E-state index in [-0.39, 0.29) is 12.0 Å². The molecule has 1 aliphatic heterocycles. The maximum atomic E-state index is 11.4. The lowest BCUT2D eigenvalue weighted by molar-refractivity contribution is -0.120. The maximum Gasteiger partial charge on any atom is 0.409 e. The van der Waals surface area contributed by atoms with E-state index in [0.29, 0.717) is 37.8 Å². The molecule has 0 spiro atoms. The summed E-state index contributed by atoms with van der Waals surface area (Å²) in [5, 5.41) is 0. The Morgan fingerprint density at radius 3 is 3.00 bits per heavy atom. The molecule has 1 amide bonds. The zero-order valence-electron chi connectivity index (χ0n) is 8.36. The Morgan fingerprint density at radius 1 is 1.57 bits per heavy atom. The molecule has 2 aliphatic rings. The quantitative estimate of drug-likeness (QED) is 0.631. The third-order valence-corrected chi connectivity index (χ3v) is 3.01. The van der Waals surface area contributed by atoms with E-state index in [2.05, 4.69) is 0 Å². The smallest absolute Gasteiger partial charge is 0.409 e. The Balaban J connectivity index is 1.98. The number of amides is 1. The number of fused-ring (bicyclic) bond motifs is 2. The van der Waals surface area contributed by atoms with Crippen molar-refractivity contribution in [2.45, 2.75) is 19.8 Å². The van der Waals surface area contributed by atoms with Crippen LogP contribution in [0.15, 0.2) is 0 Å². The van der Waals surface area contributed by atoms with E-state index >= 15 is 0 Å². The van der Waals surface area contributed by atoms with Crippen LogP contribution in [0.5, 0.6) is 0 Å². The van der Waals surface area contributed by atoms with E-state index in [0.717, 1.165) is 6.42 Å². The van der Waals surface area contributed by atoms with Crippen molar-refractivity contribution in [1.82, 2.24) is 4.90 Å². The van der Waals surface area contributed by atoms with E-state index in [4.69, 9.17) is 4.74 Å². The van der Waals surface area contributed by atoms with Crippen LogP contribution < -0.4 is 0 Å². The van der Waals surface area contributed by atoms with Gasteiger partial charge in [-0.2, -0.15) is 0 Å². The lowest BCUT2D eigenvalue weighted by Crippen LogP contribution is -2.41. The summed E-state index contributed by atoms with van der Waals surface area (Å²) in [5.41, 5.74) is 0. The van der Waals surface area contributed by atoms with Gasteiger partial charge in [0.2, 0.25) is 0 Å². The number of hydrogen-bond donors (Lipinski definition) is 0. The van der Waals surface area contributed by atoms with Crippen LogP contribution in [0.25, 0.3) is 0 Å². The molecule has 0 radical (unpaired) electrons. The Labute approximate surface area is 83.2 Å². The molecule has 2 atom stereocenters. The summed E-state index contributed by atoms with van der Waals surface area (Å²) in [6.45, 7) is 3.45. The van der Waals surface area contributed by atoms with Gasteiger partial charge < -0.3 is 9.64 Å². The lowest BCUT2D eigenvalue weighted by atomic mass is 9.99. The number of rotatable bonds is 1. The van der Waals surface area contributed by atoms with Gasteiger partial charge in [-0.1, -0.05) is 0 Å². The van der Waals surface area contributed by atoms with Gasteiger partial charge in [-0.05, 0) is 19.3 Å². The zero-order valence-corrected chi connectivity index (χ0v) is 8.36. The van der Waals surface area contributed by atoms with Gasteiger partial charge in [0, 0.05) is 25.4 Å². The molecule has 1 aliphatic carbocycles. The molecule has 2 unspecified atom stereocenters. The van der Waals surface area contributed by atoms with Crippen LogP contribution in [0, 0.1) is 11.8 Å². The SMILES string of the molecule is CCOC(=O)N1CC2CC(=O)C(C2)C1. The van der Waals surface area contributed by atoms with E-state index in [1.54, 1.807) is 11.8 Å². The van der Waals surface area contributed by atoms with Gasteiger partial charge >= 0.3 is 6.09 Å². The average molecular weight is 197 g/mol. The first-order chi connectivity index (χ1) is 6.70. The molecule has 0 aromatic heterocycles. The first-order valence-corrected chi connectivity index (χ1v) is 5.15. The predicted molar refractivity (Wildman–Crippen MR) is 49.8 cm³/mol. The Morgan fingerprint density at radius 2 is 2.36 bits per heavy atom. The van der Waals surface area contributed by atoms with E-state index < -0.39 is 0 Å². The molecule has 2 bridgehead atoms. The molecule has 78 valence electrons. The highest BCUT2D eigenvalue weighted by Crippen LogP contribution is 2.33. The molecular weight excluding hydrogens is 182 g/mol. The van der Waals surface area contributed by atoms with Gasteiger partial charge in [-0.25, -0.2) is 4.79 Å². The van der Waals surface area contributed by atoms with Crippen molar-refractivity contribution in [2.24, 2.45) is 11.8 Å². The van der Waals surface area contributed by atoms with Crippen LogP contribution in [-0.4, -0.2) is 36.5 Å². The monoisotopic (exact) mass is 197 g/mol. The van der Waals surface area contributed by atoms with Crippen molar-refractivity contribution in [3.05, 3.63) is 0 Å². The molecule has 1 heterocycles. The topological polar surface area (TPSA) is 46.6 Å². The number of nitrogens with zero attached hydrogens (tertiary/aromatic N) is 1. The minimum Gasteiger partial charge on any atom is -0.450 e. The number of carbonyl (C=O) groups is 2. The Hall–Kier alpha value is -1.06. The van der Waals surface area contributed by atoms with Crippen LogP contribution in [0.2, 0.25) is 0 Å². The van der Waals surface area contributed by atoms with Crippen molar-refractivity contribution in [2.75, 3.05) is 19.7 Å². The normalized spacial score (nSPS) is 30.6. The summed E-state index contributed by atoms with van der Waals surface area (Å²) in [6.07, 6.45) is 1.35. The summed E-state index contributed by atoms with van der Waals surface area (Å²) in [7, 11) is 0. The fraction of sp³-hybridized carbons (Fsp3) is 0.800. The second kappa shape index (κ2) is 3.59. The van der Waals surface area contributed by atoms with E-state index in [9.17, 15) is 9.59 Å². The minimum absolute atomic E-state index is 0.0816. The largest absolute Gasteiger partial charge is 0.450 e. The number of Topliss-reactive ketones (excluding diaryl/α,β-unsaturated/α-hetero) is 1. The van der Waals surface area contributed by atoms with Crippen LogP contribution in [0.1, 0.15) is 19.8 Å². The molecule has 4 nitrogen and oxygen atoms in total. The maximum absolute atomic E-state index is 11.4. The van der Waals surface area contributed by atoms with Gasteiger partial charge in [0.1, 0.15) is 5.78 Å². The van der Waals surface area contributed by atoms with Crippen LogP contribution in [-0.2, 0) is 9.53 Å². The van der Waals surface area contributed by atoms with Gasteiger partial charge in [0.05, 0.1) is 6.61 Å². The Bertz CT molecular complexity index is 264. The van der Waals surface area contributed by atoms with Crippen LogP contribution in [0.3, 0.4) is 0 Å². The second-order valence-electron chi connectivity index (χ2n) is 4.07. The Kier molecular flexibility index (Phi) is 2.44. The van der Waals surface area contributed by atoms with Crippen LogP contribution >= 0.6 is 0 Å². The van der Waals surface area contributed by atoms with Crippen molar-refractivity contribution in [3.8, 4) is 0 Å². The molecule has 1 saturated heterocycles. The number of ether oxygens (including phenoxy) is 1. The number of hydrogen-bond acceptors (Lipinski definition) is 3. The van der Waals surface area contributed by atoms with Crippen molar-refractivity contribution < 1.29 is 14.3 Å². The van der Waals surface area contributed by atoms with Crippen molar-refractivity contribution >= 4 is 11.9 Å². The van der Waals surface area contributed by atoms with Crippen molar-refractivity contribution in [1.29, 1.82) is 0 Å². The van der Waals surface area contributed by atoms with Gasteiger partial charge in [-0.3, -0.25) is 4.79 Å². The number of carbonyl (C=O) groups excluding carboxylic acids is 2. The van der Waals surface area contributed by atoms with Gasteiger partial charge in [-0.15, -0.1) is 0 Å². The fourth-order valence-electron chi connectivity index (χ4n) is 2.40. The molecule has 2 fully saturated rings. The highest BCUT2D eigenvalue weighted by Gasteiger charge is 2.40. The molecule has 0 aromatic rings. The summed E-state index contributed by atoms with van der Waals surface area (Å²) in [5.74, 6) is 0.783. The van der Waals surface area contributed by atoms with Crippen molar-refractivity contribution in [3.63, 3.8) is 0 Å². The summed E-state index contributed by atoms with van der Waals surface area (Å²) in [4.78, 5) is 24.5. The summed E-state index contributed by atoms with van der Waals surface area (Å²) in [6, 6.07) is 0. The highest BCUT2D eigenvalue weighted by atomic mass is 16.6. The third-order valence-electron chi connectivity index (χ3n) is 3.01.